The molecule has 3 heterocycles. The molecule has 4 N–H and O–H groups in total. The second kappa shape index (κ2) is 6.37. The van der Waals surface area contributed by atoms with Crippen molar-refractivity contribution in [2.75, 3.05) is 23.8 Å². The van der Waals surface area contributed by atoms with Gasteiger partial charge in [0.25, 0.3) is 5.56 Å². The molecule has 2 fully saturated rings. The van der Waals surface area contributed by atoms with E-state index in [4.69, 9.17) is 11.6 Å². The van der Waals surface area contributed by atoms with Crippen molar-refractivity contribution >= 4 is 11.2 Å². The van der Waals surface area contributed by atoms with Gasteiger partial charge in [0.2, 0.25) is 0 Å². The second-order valence-electron chi connectivity index (χ2n) is 7.88. The quantitative estimate of drug-likeness (QED) is 0.779. The fraction of sp³-hybridized carbons (Fsp3) is 0.579. The molecule has 1 saturated heterocycles. The maximum absolute atomic E-state index is 15.0. The van der Waals surface area contributed by atoms with Gasteiger partial charge in [-0.15, -0.1) is 0 Å². The average molecular weight is 375 g/mol. The lowest BCUT2D eigenvalue weighted by atomic mass is 9.98. The van der Waals surface area contributed by atoms with Gasteiger partial charge in [-0.3, -0.25) is 9.20 Å². The van der Waals surface area contributed by atoms with Gasteiger partial charge in [0.15, 0.2) is 5.82 Å². The van der Waals surface area contributed by atoms with Gasteiger partial charge in [0, 0.05) is 30.3 Å². The van der Waals surface area contributed by atoms with E-state index in [1.54, 1.807) is 6.92 Å². The summed E-state index contributed by atoms with van der Waals surface area (Å²) >= 11 is 0. The minimum absolute atomic E-state index is 0.0831. The van der Waals surface area contributed by atoms with Crippen LogP contribution in [0.3, 0.4) is 0 Å². The van der Waals surface area contributed by atoms with Crippen LogP contribution < -0.4 is 27.7 Å². The first-order chi connectivity index (χ1) is 12.8. The summed E-state index contributed by atoms with van der Waals surface area (Å²) in [7, 11) is 0. The van der Waals surface area contributed by atoms with Gasteiger partial charge in [0.1, 0.15) is 0 Å². The molecule has 27 heavy (non-hydrogen) atoms. The number of hydrogen-bond donors (Lipinski definition) is 2. The van der Waals surface area contributed by atoms with Gasteiger partial charge < -0.3 is 16.5 Å². The van der Waals surface area contributed by atoms with Crippen LogP contribution in [-0.2, 0) is 0 Å². The molecule has 0 radical (unpaired) electrons. The summed E-state index contributed by atoms with van der Waals surface area (Å²) in [4.78, 5) is 27.1. The molecule has 2 aromatic heterocycles. The largest absolute Gasteiger partial charge is 0.368 e. The monoisotopic (exact) mass is 375 g/mol. The molecule has 0 amide bonds. The highest BCUT2D eigenvalue weighted by Gasteiger charge is 2.34. The van der Waals surface area contributed by atoms with Crippen LogP contribution in [0.15, 0.2) is 15.8 Å². The van der Waals surface area contributed by atoms with Crippen LogP contribution in [0.25, 0.3) is 5.52 Å². The van der Waals surface area contributed by atoms with Crippen molar-refractivity contribution in [3.05, 3.63) is 44.0 Å². The van der Waals surface area contributed by atoms with Crippen LogP contribution in [0.5, 0.6) is 0 Å². The molecule has 2 atom stereocenters. The molecule has 8 heteroatoms. The van der Waals surface area contributed by atoms with E-state index in [9.17, 15) is 9.59 Å². The summed E-state index contributed by atoms with van der Waals surface area (Å²) in [6.45, 7) is 5.23. The lowest BCUT2D eigenvalue weighted by Gasteiger charge is -2.25. The Morgan fingerprint density at radius 3 is 2.63 bits per heavy atom. The number of pyridine rings is 1. The molecular weight excluding hydrogens is 349 g/mol. The number of rotatable bonds is 4. The van der Waals surface area contributed by atoms with Crippen molar-refractivity contribution in [3.8, 4) is 0 Å². The van der Waals surface area contributed by atoms with Crippen LogP contribution in [0, 0.1) is 18.7 Å². The molecule has 146 valence electrons. The van der Waals surface area contributed by atoms with Crippen molar-refractivity contribution in [2.45, 2.75) is 51.5 Å². The molecule has 7 nitrogen and oxygen atoms in total. The van der Waals surface area contributed by atoms with E-state index in [2.05, 4.69) is 6.92 Å². The molecule has 4 rings (SSSR count). The molecule has 1 saturated carbocycles. The molecule has 1 aliphatic carbocycles. The number of hydrogen-bond acceptors (Lipinski definition) is 5. The first-order valence-corrected chi connectivity index (χ1v) is 9.61. The third-order valence-electron chi connectivity index (χ3n) is 6.14. The zero-order chi connectivity index (χ0) is 19.5. The zero-order valence-corrected chi connectivity index (χ0v) is 15.7. The summed E-state index contributed by atoms with van der Waals surface area (Å²) in [6.07, 6.45) is 4.72. The Hall–Kier alpha value is -2.35. The molecule has 2 aromatic rings. The zero-order valence-electron chi connectivity index (χ0n) is 15.7. The van der Waals surface area contributed by atoms with Crippen LogP contribution in [-0.4, -0.2) is 28.2 Å². The van der Waals surface area contributed by atoms with Gasteiger partial charge in [0.05, 0.1) is 17.4 Å². The average Bonchev–Trinajstić information content (AvgIpc) is 3.37. The maximum atomic E-state index is 15.0. The topological polar surface area (TPSA) is 98.8 Å². The van der Waals surface area contributed by atoms with Crippen molar-refractivity contribution in [1.29, 1.82) is 0 Å². The van der Waals surface area contributed by atoms with Crippen LogP contribution in [0.2, 0.25) is 0 Å². The summed E-state index contributed by atoms with van der Waals surface area (Å²) in [5.74, 6) is 5.58. The first-order valence-electron chi connectivity index (χ1n) is 9.61. The van der Waals surface area contributed by atoms with Gasteiger partial charge in [-0.05, 0) is 44.4 Å². The molecule has 2 aliphatic rings. The smallest absolute Gasteiger partial charge is 0.354 e. The number of nitrogens with zero attached hydrogens (tertiary/aromatic N) is 3. The van der Waals surface area contributed by atoms with Gasteiger partial charge in [-0.2, -0.15) is 4.68 Å². The lowest BCUT2D eigenvalue weighted by Crippen LogP contribution is -2.44. The minimum atomic E-state index is -0.722. The second-order valence-corrected chi connectivity index (χ2v) is 7.88. The molecule has 0 spiro atoms. The highest BCUT2D eigenvalue weighted by molar-refractivity contribution is 5.72. The number of halogens is 1. The number of fused-ring (bicyclic) bond motifs is 1. The van der Waals surface area contributed by atoms with Crippen molar-refractivity contribution in [2.24, 2.45) is 11.7 Å². The highest BCUT2D eigenvalue weighted by atomic mass is 19.1. The lowest BCUT2D eigenvalue weighted by molar-refractivity contribution is 0.447. The molecular formula is C19H26FN5O2. The number of aryl methyl sites for hydroxylation is 1. The Morgan fingerprint density at radius 1 is 1.30 bits per heavy atom. The van der Waals surface area contributed by atoms with Crippen LogP contribution in [0.1, 0.15) is 49.7 Å². The number of anilines is 1. The van der Waals surface area contributed by atoms with Crippen molar-refractivity contribution < 1.29 is 4.39 Å². The Bertz CT molecular complexity index is 1020. The number of nitrogens with two attached hydrogens (primary N) is 2. The van der Waals surface area contributed by atoms with E-state index in [1.165, 1.54) is 10.6 Å². The molecule has 1 aliphatic heterocycles. The minimum Gasteiger partial charge on any atom is -0.368 e. The fourth-order valence-corrected chi connectivity index (χ4v) is 4.43. The van der Waals surface area contributed by atoms with E-state index in [-0.39, 0.29) is 12.0 Å². The Labute approximate surface area is 156 Å². The van der Waals surface area contributed by atoms with E-state index in [1.807, 2.05) is 4.90 Å². The normalized spacial score (nSPS) is 21.2. The summed E-state index contributed by atoms with van der Waals surface area (Å²) in [5, 5.41) is 0. The van der Waals surface area contributed by atoms with Crippen molar-refractivity contribution in [3.63, 3.8) is 0 Å². The highest BCUT2D eigenvalue weighted by Crippen LogP contribution is 2.42. The van der Waals surface area contributed by atoms with E-state index in [0.29, 0.717) is 46.0 Å². The van der Waals surface area contributed by atoms with Crippen LogP contribution in [0.4, 0.5) is 10.1 Å². The maximum Gasteiger partial charge on any atom is 0.354 e. The predicted molar refractivity (Wildman–Crippen MR) is 103 cm³/mol. The summed E-state index contributed by atoms with van der Waals surface area (Å²) in [5.41, 5.74) is 7.12. The molecule has 0 aromatic carbocycles. The first kappa shape index (κ1) is 18.0. The van der Waals surface area contributed by atoms with Crippen molar-refractivity contribution in [1.82, 2.24) is 9.08 Å². The van der Waals surface area contributed by atoms with E-state index >= 15 is 4.39 Å². The van der Waals surface area contributed by atoms with Gasteiger partial charge in [-0.25, -0.2) is 9.18 Å². The third kappa shape index (κ3) is 2.74. The number of nitrogen functional groups attached to an aromatic ring is 1. The Morgan fingerprint density at radius 2 is 2.00 bits per heavy atom. The van der Waals surface area contributed by atoms with E-state index in [0.717, 1.165) is 25.7 Å². The van der Waals surface area contributed by atoms with Gasteiger partial charge >= 0.3 is 5.69 Å². The van der Waals surface area contributed by atoms with Gasteiger partial charge in [-0.1, -0.05) is 6.92 Å². The number of aromatic nitrogens is 2. The fourth-order valence-electron chi connectivity index (χ4n) is 4.43. The third-order valence-corrected chi connectivity index (χ3v) is 6.14. The van der Waals surface area contributed by atoms with E-state index < -0.39 is 17.1 Å². The molecule has 0 bridgehead atoms. The predicted octanol–water partition coefficient (Wildman–Crippen LogP) is 1.06. The Kier molecular flexibility index (Phi) is 4.25. The molecule has 2 unspecified atom stereocenters. The van der Waals surface area contributed by atoms with Crippen LogP contribution >= 0.6 is 0 Å². The summed E-state index contributed by atoms with van der Waals surface area (Å²) < 4.78 is 16.8. The summed E-state index contributed by atoms with van der Waals surface area (Å²) in [6, 6.07) is 0.0907. The Balaban J connectivity index is 1.91. The standard InChI is InChI=1S/C19H26FN5O2/c1-3-14(21)12-6-7-23(8-12)16-10(2)17-15(11-4-5-11)18(26)25(22)19(27)24(17)9-13(16)20/h9,11-12,14H,3-8,21-22H2,1-2H3. The SMILES string of the molecule is CCC(N)C1CCN(c2c(F)cn3c(=O)n(N)c(=O)c(C4CC4)c3c2C)C1.